The molecule has 0 spiro atoms. The van der Waals surface area contributed by atoms with E-state index in [-0.39, 0.29) is 5.38 Å². The first-order chi connectivity index (χ1) is 8.61. The summed E-state index contributed by atoms with van der Waals surface area (Å²) in [5.74, 6) is 0.958. The van der Waals surface area contributed by atoms with E-state index in [9.17, 15) is 0 Å². The molecule has 0 aliphatic carbocycles. The van der Waals surface area contributed by atoms with Crippen LogP contribution in [0.5, 0.6) is 5.75 Å². The number of halogens is 1. The third-order valence-electron chi connectivity index (χ3n) is 3.54. The highest BCUT2D eigenvalue weighted by atomic mass is 35.5. The lowest BCUT2D eigenvalue weighted by Crippen LogP contribution is -2.08. The maximum atomic E-state index is 6.50. The zero-order valence-corrected chi connectivity index (χ0v) is 12.1. The van der Waals surface area contributed by atoms with Crippen LogP contribution in [-0.4, -0.2) is 19.8 Å². The summed E-state index contributed by atoms with van der Waals surface area (Å²) in [6.07, 6.45) is 3.52. The Morgan fingerprint density at radius 2 is 2.06 bits per heavy atom. The number of benzene rings is 1. The van der Waals surface area contributed by atoms with Crippen LogP contribution in [0.3, 0.4) is 0 Å². The van der Waals surface area contributed by atoms with Crippen molar-refractivity contribution < 1.29 is 9.47 Å². The van der Waals surface area contributed by atoms with Crippen molar-refractivity contribution in [3.63, 3.8) is 0 Å². The lowest BCUT2D eigenvalue weighted by Gasteiger charge is -2.17. The molecule has 2 nitrogen and oxygen atoms in total. The lowest BCUT2D eigenvalue weighted by molar-refractivity contribution is 0.103. The topological polar surface area (TPSA) is 18.5 Å². The van der Waals surface area contributed by atoms with E-state index in [4.69, 9.17) is 21.1 Å². The average molecular weight is 269 g/mol. The van der Waals surface area contributed by atoms with E-state index >= 15 is 0 Å². The monoisotopic (exact) mass is 268 g/mol. The number of hydrogen-bond acceptors (Lipinski definition) is 2. The molecule has 2 atom stereocenters. The Morgan fingerprint density at radius 1 is 1.39 bits per heavy atom. The van der Waals surface area contributed by atoms with Gasteiger partial charge < -0.3 is 9.47 Å². The molecule has 1 aliphatic rings. The molecule has 1 aliphatic heterocycles. The Kier molecular flexibility index (Phi) is 4.52. The summed E-state index contributed by atoms with van der Waals surface area (Å²) >= 11 is 6.50. The van der Waals surface area contributed by atoms with E-state index < -0.39 is 0 Å². The van der Waals surface area contributed by atoms with Crippen molar-refractivity contribution in [3.05, 3.63) is 28.8 Å². The number of methoxy groups -OCH3 is 1. The van der Waals surface area contributed by atoms with Crippen molar-refractivity contribution in [3.8, 4) is 5.75 Å². The van der Waals surface area contributed by atoms with Crippen molar-refractivity contribution >= 4 is 11.6 Å². The van der Waals surface area contributed by atoms with Gasteiger partial charge in [0.15, 0.2) is 0 Å². The molecule has 0 radical (unpaired) electrons. The first-order valence-corrected chi connectivity index (χ1v) is 6.96. The summed E-state index contributed by atoms with van der Waals surface area (Å²) < 4.78 is 11.0. The van der Waals surface area contributed by atoms with Crippen molar-refractivity contribution in [2.45, 2.75) is 44.6 Å². The van der Waals surface area contributed by atoms with Gasteiger partial charge in [0.2, 0.25) is 0 Å². The Balaban J connectivity index is 2.12. The third-order valence-corrected chi connectivity index (χ3v) is 3.97. The van der Waals surface area contributed by atoms with E-state index in [1.165, 1.54) is 5.56 Å². The molecular formula is C15H21ClO2. The van der Waals surface area contributed by atoms with E-state index in [0.717, 1.165) is 42.7 Å². The molecule has 3 heteroatoms. The van der Waals surface area contributed by atoms with Crippen LogP contribution in [0, 0.1) is 13.8 Å². The van der Waals surface area contributed by atoms with Gasteiger partial charge >= 0.3 is 0 Å². The summed E-state index contributed by atoms with van der Waals surface area (Å²) in [6, 6.07) is 4.25. The molecule has 1 aromatic rings. The van der Waals surface area contributed by atoms with Crippen molar-refractivity contribution in [2.75, 3.05) is 13.7 Å². The van der Waals surface area contributed by atoms with Gasteiger partial charge in [-0.3, -0.25) is 0 Å². The van der Waals surface area contributed by atoms with Crippen LogP contribution in [0.1, 0.15) is 41.3 Å². The molecule has 1 aromatic carbocycles. The summed E-state index contributed by atoms with van der Waals surface area (Å²) in [7, 11) is 1.71. The van der Waals surface area contributed by atoms with Crippen LogP contribution in [0.2, 0.25) is 0 Å². The maximum Gasteiger partial charge on any atom is 0.124 e. The molecular weight excluding hydrogens is 248 g/mol. The van der Waals surface area contributed by atoms with E-state index in [0.29, 0.717) is 6.10 Å². The van der Waals surface area contributed by atoms with Crippen LogP contribution in [0.4, 0.5) is 0 Å². The van der Waals surface area contributed by atoms with Gasteiger partial charge in [-0.05, 0) is 49.8 Å². The van der Waals surface area contributed by atoms with Gasteiger partial charge in [-0.25, -0.2) is 0 Å². The molecule has 0 N–H and O–H groups in total. The largest absolute Gasteiger partial charge is 0.496 e. The summed E-state index contributed by atoms with van der Waals surface area (Å²) in [6.45, 7) is 5.00. The smallest absolute Gasteiger partial charge is 0.124 e. The summed E-state index contributed by atoms with van der Waals surface area (Å²) in [4.78, 5) is 0. The van der Waals surface area contributed by atoms with Crippen molar-refractivity contribution in [1.82, 2.24) is 0 Å². The highest BCUT2D eigenvalue weighted by Crippen LogP contribution is 2.34. The molecule has 2 unspecified atom stereocenters. The molecule has 0 saturated carbocycles. The number of hydrogen-bond donors (Lipinski definition) is 0. The molecule has 1 fully saturated rings. The third kappa shape index (κ3) is 2.99. The highest BCUT2D eigenvalue weighted by Gasteiger charge is 2.21. The molecule has 0 aromatic heterocycles. The van der Waals surface area contributed by atoms with Gasteiger partial charge in [-0.2, -0.15) is 0 Å². The van der Waals surface area contributed by atoms with E-state index in [1.807, 2.05) is 0 Å². The first kappa shape index (κ1) is 13.7. The van der Waals surface area contributed by atoms with Crippen LogP contribution < -0.4 is 4.74 Å². The van der Waals surface area contributed by atoms with Gasteiger partial charge in [-0.15, -0.1) is 11.6 Å². The highest BCUT2D eigenvalue weighted by molar-refractivity contribution is 6.20. The fourth-order valence-electron chi connectivity index (χ4n) is 2.68. The minimum Gasteiger partial charge on any atom is -0.496 e. The SMILES string of the molecule is COc1c(C)cc(C(Cl)CC2CCCO2)cc1C. The van der Waals surface area contributed by atoms with Crippen LogP contribution >= 0.6 is 11.6 Å². The fourth-order valence-corrected chi connectivity index (χ4v) is 3.01. The van der Waals surface area contributed by atoms with Crippen LogP contribution in [0.25, 0.3) is 0 Å². The minimum atomic E-state index is 0.0245. The Hall–Kier alpha value is -0.730. The van der Waals surface area contributed by atoms with Crippen molar-refractivity contribution in [2.24, 2.45) is 0 Å². The number of alkyl halides is 1. The van der Waals surface area contributed by atoms with Crippen molar-refractivity contribution in [1.29, 1.82) is 0 Å². The molecule has 0 bridgehead atoms. The Labute approximate surface area is 114 Å². The second-order valence-corrected chi connectivity index (χ2v) is 5.55. The van der Waals surface area contributed by atoms with Crippen LogP contribution in [0.15, 0.2) is 12.1 Å². The van der Waals surface area contributed by atoms with Gasteiger partial charge in [-0.1, -0.05) is 12.1 Å². The van der Waals surface area contributed by atoms with Crippen LogP contribution in [-0.2, 0) is 4.74 Å². The molecule has 1 heterocycles. The molecule has 18 heavy (non-hydrogen) atoms. The van der Waals surface area contributed by atoms with Gasteiger partial charge in [0.05, 0.1) is 18.6 Å². The standard InChI is InChI=1S/C15H21ClO2/c1-10-7-12(8-11(2)15(10)17-3)14(16)9-13-5-4-6-18-13/h7-8,13-14H,4-6,9H2,1-3H3. The number of rotatable bonds is 4. The quantitative estimate of drug-likeness (QED) is 0.764. The summed E-state index contributed by atoms with van der Waals surface area (Å²) in [5, 5.41) is 0.0245. The molecule has 2 rings (SSSR count). The van der Waals surface area contributed by atoms with Gasteiger partial charge in [0.1, 0.15) is 5.75 Å². The van der Waals surface area contributed by atoms with Gasteiger partial charge in [0.25, 0.3) is 0 Å². The second-order valence-electron chi connectivity index (χ2n) is 5.03. The number of aryl methyl sites for hydroxylation is 2. The van der Waals surface area contributed by atoms with E-state index in [1.54, 1.807) is 7.11 Å². The number of ether oxygens (including phenoxy) is 2. The summed E-state index contributed by atoms with van der Waals surface area (Å²) in [5.41, 5.74) is 3.46. The molecule has 100 valence electrons. The lowest BCUT2D eigenvalue weighted by atomic mass is 9.99. The molecule has 0 amide bonds. The first-order valence-electron chi connectivity index (χ1n) is 6.52. The Morgan fingerprint density at radius 3 is 2.56 bits per heavy atom. The van der Waals surface area contributed by atoms with Gasteiger partial charge in [0, 0.05) is 6.61 Å². The minimum absolute atomic E-state index is 0.0245. The Bertz CT molecular complexity index is 388. The normalized spacial score (nSPS) is 21.0. The maximum absolute atomic E-state index is 6.50. The zero-order chi connectivity index (χ0) is 13.1. The molecule has 1 saturated heterocycles. The predicted octanol–water partition coefficient (Wildman–Crippen LogP) is 4.16. The second kappa shape index (κ2) is 5.94. The predicted molar refractivity (Wildman–Crippen MR) is 74.7 cm³/mol. The fraction of sp³-hybridized carbons (Fsp3) is 0.600. The van der Waals surface area contributed by atoms with E-state index in [2.05, 4.69) is 26.0 Å². The average Bonchev–Trinajstić information content (AvgIpc) is 2.81. The zero-order valence-electron chi connectivity index (χ0n) is 11.3.